The number of fused-ring (bicyclic) bond motifs is 3. The summed E-state index contributed by atoms with van der Waals surface area (Å²) in [7, 11) is 0. The summed E-state index contributed by atoms with van der Waals surface area (Å²) in [5, 5.41) is 7.32. The normalized spacial score (nSPS) is 27.0. The van der Waals surface area contributed by atoms with E-state index in [1.807, 2.05) is 24.3 Å². The van der Waals surface area contributed by atoms with Gasteiger partial charge in [0, 0.05) is 29.1 Å². The zero-order valence-electron chi connectivity index (χ0n) is 15.7. The Hall–Kier alpha value is -1.62. The molecular formula is C22H26ClFN2O. The average Bonchev–Trinajstić information content (AvgIpc) is 2.66. The van der Waals surface area contributed by atoms with Crippen LogP contribution in [0.3, 0.4) is 0 Å². The molecule has 0 aromatic heterocycles. The molecule has 2 aliphatic rings. The highest BCUT2D eigenvalue weighted by molar-refractivity contribution is 6.30. The third-order valence-electron chi connectivity index (χ3n) is 5.58. The highest BCUT2D eigenvalue weighted by Crippen LogP contribution is 2.51. The van der Waals surface area contributed by atoms with Crippen molar-refractivity contribution >= 4 is 17.3 Å². The van der Waals surface area contributed by atoms with Crippen LogP contribution in [-0.2, 0) is 4.74 Å². The summed E-state index contributed by atoms with van der Waals surface area (Å²) in [6, 6.07) is 13.9. The van der Waals surface area contributed by atoms with E-state index in [9.17, 15) is 4.39 Å². The van der Waals surface area contributed by atoms with Crippen LogP contribution < -0.4 is 10.6 Å². The lowest BCUT2D eigenvalue weighted by Gasteiger charge is -2.46. The first-order chi connectivity index (χ1) is 13.0. The van der Waals surface area contributed by atoms with Gasteiger partial charge in [0.1, 0.15) is 5.82 Å². The van der Waals surface area contributed by atoms with Crippen molar-refractivity contribution in [3.8, 4) is 0 Å². The molecule has 4 atom stereocenters. The molecule has 0 saturated carbocycles. The number of benzene rings is 2. The first kappa shape index (κ1) is 18.7. The lowest BCUT2D eigenvalue weighted by Crippen LogP contribution is -2.43. The second-order valence-corrected chi connectivity index (χ2v) is 8.30. The number of rotatable bonds is 4. The molecule has 2 aliphatic heterocycles. The molecule has 2 heterocycles. The van der Waals surface area contributed by atoms with E-state index in [0.29, 0.717) is 16.8 Å². The number of halogens is 2. The molecule has 0 radical (unpaired) electrons. The lowest BCUT2D eigenvalue weighted by atomic mass is 9.76. The number of ether oxygens (including phenoxy) is 1. The molecule has 0 spiro atoms. The summed E-state index contributed by atoms with van der Waals surface area (Å²) in [5.41, 5.74) is 2.52. The van der Waals surface area contributed by atoms with Crippen molar-refractivity contribution in [3.63, 3.8) is 0 Å². The summed E-state index contributed by atoms with van der Waals surface area (Å²) in [6.07, 6.45) is 1.98. The second-order valence-electron chi connectivity index (χ2n) is 7.87. The minimum Gasteiger partial charge on any atom is -0.375 e. The fourth-order valence-corrected chi connectivity index (χ4v) is 4.51. The van der Waals surface area contributed by atoms with E-state index in [2.05, 4.69) is 36.6 Å². The van der Waals surface area contributed by atoms with Crippen LogP contribution in [0.4, 0.5) is 10.1 Å². The van der Waals surface area contributed by atoms with Crippen LogP contribution in [0.15, 0.2) is 42.5 Å². The average molecular weight is 389 g/mol. The summed E-state index contributed by atoms with van der Waals surface area (Å²) in [4.78, 5) is 0. The van der Waals surface area contributed by atoms with Crippen LogP contribution >= 0.6 is 11.6 Å². The predicted octanol–water partition coefficient (Wildman–Crippen LogP) is 5.48. The second kappa shape index (κ2) is 7.78. The van der Waals surface area contributed by atoms with Gasteiger partial charge >= 0.3 is 0 Å². The quantitative estimate of drug-likeness (QED) is 0.727. The predicted molar refractivity (Wildman–Crippen MR) is 108 cm³/mol. The maximum Gasteiger partial charge on any atom is 0.148 e. The van der Waals surface area contributed by atoms with E-state index in [1.165, 1.54) is 6.07 Å². The van der Waals surface area contributed by atoms with Crippen LogP contribution in [0, 0.1) is 11.7 Å². The third kappa shape index (κ3) is 3.84. The molecule has 144 valence electrons. The van der Waals surface area contributed by atoms with Gasteiger partial charge in [0.2, 0.25) is 0 Å². The van der Waals surface area contributed by atoms with E-state index in [0.717, 1.165) is 30.5 Å². The Kier molecular flexibility index (Phi) is 5.40. The molecule has 0 bridgehead atoms. The summed E-state index contributed by atoms with van der Waals surface area (Å²) < 4.78 is 21.2. The maximum atomic E-state index is 14.7. The summed E-state index contributed by atoms with van der Waals surface area (Å²) in [6.45, 7) is 5.07. The first-order valence-corrected chi connectivity index (χ1v) is 10.1. The minimum absolute atomic E-state index is 0.0263. The zero-order valence-corrected chi connectivity index (χ0v) is 16.5. The Balaban J connectivity index is 1.69. The van der Waals surface area contributed by atoms with Crippen molar-refractivity contribution in [2.24, 2.45) is 5.92 Å². The third-order valence-corrected chi connectivity index (χ3v) is 5.80. The van der Waals surface area contributed by atoms with Crippen LogP contribution in [0.25, 0.3) is 0 Å². The largest absolute Gasteiger partial charge is 0.375 e. The molecule has 3 nitrogen and oxygen atoms in total. The van der Waals surface area contributed by atoms with Crippen molar-refractivity contribution < 1.29 is 9.13 Å². The van der Waals surface area contributed by atoms with Gasteiger partial charge in [-0.3, -0.25) is 0 Å². The minimum atomic E-state index is -0.317. The van der Waals surface area contributed by atoms with E-state index in [-0.39, 0.29) is 30.0 Å². The Morgan fingerprint density at radius 2 is 2.00 bits per heavy atom. The van der Waals surface area contributed by atoms with Gasteiger partial charge in [-0.2, -0.15) is 0 Å². The Labute approximate surface area is 165 Å². The van der Waals surface area contributed by atoms with Crippen LogP contribution in [-0.4, -0.2) is 18.7 Å². The van der Waals surface area contributed by atoms with Gasteiger partial charge in [0.25, 0.3) is 0 Å². The van der Waals surface area contributed by atoms with E-state index in [1.54, 1.807) is 0 Å². The van der Waals surface area contributed by atoms with Crippen molar-refractivity contribution in [3.05, 3.63) is 64.4 Å². The van der Waals surface area contributed by atoms with Crippen molar-refractivity contribution in [2.75, 3.05) is 11.9 Å². The van der Waals surface area contributed by atoms with Crippen molar-refractivity contribution in [2.45, 2.75) is 51.0 Å². The lowest BCUT2D eigenvalue weighted by molar-refractivity contribution is -0.0922. The van der Waals surface area contributed by atoms with E-state index >= 15 is 0 Å². The number of hydrogen-bond donors (Lipinski definition) is 2. The molecule has 2 aromatic rings. The maximum absolute atomic E-state index is 14.7. The van der Waals surface area contributed by atoms with Gasteiger partial charge in [0.15, 0.2) is 0 Å². The smallest absolute Gasteiger partial charge is 0.148 e. The van der Waals surface area contributed by atoms with E-state index in [4.69, 9.17) is 16.3 Å². The standard InChI is InChI=1S/C22H26ClFN2O/c1-13(2)25-12-16-8-9-17-20(14-6-4-3-5-7-14)26-21-18(22(17)27-16)10-15(23)11-19(21)24/h3-7,10-11,13,16-17,20,22,25-26H,8-9,12H2,1-2H3/t16-,17+,20+,22+/m1/s1. The van der Waals surface area contributed by atoms with Crippen molar-refractivity contribution in [1.82, 2.24) is 5.32 Å². The highest BCUT2D eigenvalue weighted by atomic mass is 35.5. The Bertz CT molecular complexity index is 798. The fourth-order valence-electron chi connectivity index (χ4n) is 4.29. The number of nitrogens with one attached hydrogen (secondary N) is 2. The Morgan fingerprint density at radius 3 is 2.74 bits per heavy atom. The van der Waals surface area contributed by atoms with Gasteiger partial charge in [0.05, 0.1) is 23.9 Å². The molecule has 0 amide bonds. The molecule has 5 heteroatoms. The van der Waals surface area contributed by atoms with Gasteiger partial charge < -0.3 is 15.4 Å². The SMILES string of the molecule is CC(C)NC[C@H]1CC[C@@H]2[C@H](O1)c1cc(Cl)cc(F)c1N[C@H]2c1ccccc1. The van der Waals surface area contributed by atoms with Crippen LogP contribution in [0.5, 0.6) is 0 Å². The Morgan fingerprint density at radius 1 is 1.22 bits per heavy atom. The van der Waals surface area contributed by atoms with E-state index < -0.39 is 0 Å². The molecule has 1 saturated heterocycles. The van der Waals surface area contributed by atoms with Gasteiger partial charge in [-0.15, -0.1) is 0 Å². The first-order valence-electron chi connectivity index (χ1n) is 9.72. The fraction of sp³-hybridized carbons (Fsp3) is 0.455. The van der Waals surface area contributed by atoms with Gasteiger partial charge in [-0.25, -0.2) is 4.39 Å². The van der Waals surface area contributed by atoms with Crippen LogP contribution in [0.2, 0.25) is 5.02 Å². The highest BCUT2D eigenvalue weighted by Gasteiger charge is 2.43. The van der Waals surface area contributed by atoms with Crippen molar-refractivity contribution in [1.29, 1.82) is 0 Å². The molecule has 27 heavy (non-hydrogen) atoms. The topological polar surface area (TPSA) is 33.3 Å². The monoisotopic (exact) mass is 388 g/mol. The molecule has 0 unspecified atom stereocenters. The van der Waals surface area contributed by atoms with Gasteiger partial charge in [-0.1, -0.05) is 55.8 Å². The zero-order chi connectivity index (χ0) is 19.0. The number of anilines is 1. The number of hydrogen-bond acceptors (Lipinski definition) is 3. The summed E-state index contributed by atoms with van der Waals surface area (Å²) >= 11 is 6.17. The van der Waals surface area contributed by atoms with Crippen LogP contribution in [0.1, 0.15) is 50.0 Å². The molecular weight excluding hydrogens is 363 g/mol. The molecule has 4 rings (SSSR count). The van der Waals surface area contributed by atoms with Gasteiger partial charge in [-0.05, 0) is 30.5 Å². The molecule has 0 aliphatic carbocycles. The molecule has 2 aromatic carbocycles. The summed E-state index contributed by atoms with van der Waals surface area (Å²) in [5.74, 6) is -0.0732. The molecule has 2 N–H and O–H groups in total. The molecule has 1 fully saturated rings.